The number of nitrogens with one attached hydrogen (secondary N) is 1. The van der Waals surface area contributed by atoms with E-state index in [1.807, 2.05) is 0 Å². The van der Waals surface area contributed by atoms with Crippen molar-refractivity contribution < 1.29 is 37.8 Å². The van der Waals surface area contributed by atoms with Crippen molar-refractivity contribution in [3.8, 4) is 5.75 Å². The average molecular weight is 565 g/mol. The van der Waals surface area contributed by atoms with Crippen molar-refractivity contribution in [3.05, 3.63) is 64.6 Å². The fourth-order valence-electron chi connectivity index (χ4n) is 4.60. The summed E-state index contributed by atoms with van der Waals surface area (Å²) in [6.07, 6.45) is -0.192. The quantitative estimate of drug-likeness (QED) is 0.365. The molecule has 1 aliphatic rings. The maximum Gasteiger partial charge on any atom is 0.429 e. The molecule has 0 unspecified atom stereocenters. The van der Waals surface area contributed by atoms with Crippen LogP contribution in [0.3, 0.4) is 0 Å². The van der Waals surface area contributed by atoms with Gasteiger partial charge in [-0.05, 0) is 36.8 Å². The van der Waals surface area contributed by atoms with E-state index >= 15 is 4.39 Å². The van der Waals surface area contributed by atoms with Crippen LogP contribution in [0.5, 0.6) is 5.75 Å². The Labute approximate surface area is 227 Å². The molecule has 1 aliphatic heterocycles. The number of ether oxygens (including phenoxy) is 1. The lowest BCUT2D eigenvalue weighted by molar-refractivity contribution is -0.138. The minimum Gasteiger partial charge on any atom is -0.491 e. The standard InChI is InChI=1S/C26H27ClF2N4O6/c1-26(29)11-21(24(36)31-12-15-3-2-4-19(27)23(15)28)32(14-26)22(35)9-16-13-33(39-25(30)37)20-6-5-17(10-18(16)20)38-8-7-34/h2-6,10,13,21,34H,7-9,11-12,14H2,1H3,(H2,30,37)(H,31,36)/t21-,26+/m0/s1. The zero-order valence-corrected chi connectivity index (χ0v) is 21.7. The van der Waals surface area contributed by atoms with E-state index in [2.05, 4.69) is 5.32 Å². The molecule has 3 aromatic rings. The summed E-state index contributed by atoms with van der Waals surface area (Å²) in [5, 5.41) is 12.0. The lowest BCUT2D eigenvalue weighted by Crippen LogP contribution is -2.46. The van der Waals surface area contributed by atoms with Crippen LogP contribution in [0, 0.1) is 5.82 Å². The molecule has 0 aliphatic carbocycles. The van der Waals surface area contributed by atoms with Crippen LogP contribution in [0.4, 0.5) is 13.6 Å². The Balaban J connectivity index is 1.56. The molecule has 39 heavy (non-hydrogen) atoms. The highest BCUT2D eigenvalue weighted by Gasteiger charge is 2.46. The Morgan fingerprint density at radius 3 is 2.74 bits per heavy atom. The summed E-state index contributed by atoms with van der Waals surface area (Å²) in [6.45, 7) is 0.614. The zero-order chi connectivity index (χ0) is 28.3. The topological polar surface area (TPSA) is 136 Å². The number of carbonyl (C=O) groups is 3. The normalized spacial score (nSPS) is 18.8. The van der Waals surface area contributed by atoms with Gasteiger partial charge in [-0.1, -0.05) is 23.7 Å². The van der Waals surface area contributed by atoms with E-state index in [0.717, 1.165) is 9.63 Å². The van der Waals surface area contributed by atoms with E-state index in [0.29, 0.717) is 22.2 Å². The molecular weight excluding hydrogens is 538 g/mol. The molecule has 1 aromatic heterocycles. The van der Waals surface area contributed by atoms with Gasteiger partial charge in [0.2, 0.25) is 11.8 Å². The zero-order valence-electron chi connectivity index (χ0n) is 21.0. The molecule has 0 radical (unpaired) electrons. The number of alkyl halides is 1. The minimum atomic E-state index is -1.83. The van der Waals surface area contributed by atoms with Crippen LogP contribution >= 0.6 is 11.6 Å². The number of rotatable bonds is 9. The Hall–Kier alpha value is -3.90. The molecule has 0 spiro atoms. The first-order valence-electron chi connectivity index (χ1n) is 12.0. The van der Waals surface area contributed by atoms with E-state index in [4.69, 9.17) is 32.0 Å². The Kier molecular flexibility index (Phi) is 8.26. The molecule has 10 nitrogen and oxygen atoms in total. The predicted molar refractivity (Wildman–Crippen MR) is 137 cm³/mol. The minimum absolute atomic E-state index is 0.0387. The number of amides is 3. The van der Waals surface area contributed by atoms with Crippen molar-refractivity contribution in [2.75, 3.05) is 19.8 Å². The number of hydrogen-bond acceptors (Lipinski definition) is 6. The highest BCUT2D eigenvalue weighted by Crippen LogP contribution is 2.32. The number of halogens is 3. The van der Waals surface area contributed by atoms with Crippen molar-refractivity contribution in [3.63, 3.8) is 0 Å². The van der Waals surface area contributed by atoms with Gasteiger partial charge in [0.25, 0.3) is 0 Å². The van der Waals surface area contributed by atoms with Gasteiger partial charge in [0.1, 0.15) is 29.9 Å². The van der Waals surface area contributed by atoms with Gasteiger partial charge in [0.15, 0.2) is 0 Å². The molecular formula is C26H27ClF2N4O6. The van der Waals surface area contributed by atoms with Crippen LogP contribution in [0.15, 0.2) is 42.6 Å². The number of aliphatic hydroxyl groups is 1. The number of primary amides is 1. The van der Waals surface area contributed by atoms with Gasteiger partial charge in [0, 0.05) is 30.1 Å². The van der Waals surface area contributed by atoms with Gasteiger partial charge in [-0.3, -0.25) is 9.59 Å². The van der Waals surface area contributed by atoms with Crippen molar-refractivity contribution in [2.45, 2.75) is 38.0 Å². The van der Waals surface area contributed by atoms with Crippen molar-refractivity contribution in [1.82, 2.24) is 14.9 Å². The van der Waals surface area contributed by atoms with Crippen LogP contribution < -0.4 is 20.6 Å². The first-order chi connectivity index (χ1) is 18.5. The number of hydrogen-bond donors (Lipinski definition) is 3. The molecule has 1 saturated heterocycles. The maximum atomic E-state index is 15.1. The molecule has 4 N–H and O–H groups in total. The Morgan fingerprint density at radius 1 is 1.26 bits per heavy atom. The third kappa shape index (κ3) is 6.40. The summed E-state index contributed by atoms with van der Waals surface area (Å²) in [5.41, 5.74) is 4.29. The molecule has 0 bridgehead atoms. The summed E-state index contributed by atoms with van der Waals surface area (Å²) in [6, 6.07) is 8.01. The number of likely N-dealkylation sites (tertiary alicyclic amines) is 1. The van der Waals surface area contributed by atoms with E-state index in [9.17, 15) is 18.8 Å². The van der Waals surface area contributed by atoms with Gasteiger partial charge in [0.05, 0.1) is 30.1 Å². The van der Waals surface area contributed by atoms with Crippen LogP contribution in [0.2, 0.25) is 5.02 Å². The molecule has 4 rings (SSSR count). The van der Waals surface area contributed by atoms with Crippen LogP contribution in [0.25, 0.3) is 10.9 Å². The predicted octanol–water partition coefficient (Wildman–Crippen LogP) is 2.50. The van der Waals surface area contributed by atoms with Crippen molar-refractivity contribution in [2.24, 2.45) is 5.73 Å². The summed E-state index contributed by atoms with van der Waals surface area (Å²) in [5.74, 6) is -1.47. The van der Waals surface area contributed by atoms with Crippen LogP contribution in [0.1, 0.15) is 24.5 Å². The van der Waals surface area contributed by atoms with Crippen molar-refractivity contribution >= 4 is 40.4 Å². The highest BCUT2D eigenvalue weighted by atomic mass is 35.5. The summed E-state index contributed by atoms with van der Waals surface area (Å²) in [4.78, 5) is 44.0. The van der Waals surface area contributed by atoms with Gasteiger partial charge < -0.3 is 30.6 Å². The van der Waals surface area contributed by atoms with E-state index in [1.165, 1.54) is 31.3 Å². The second-order valence-electron chi connectivity index (χ2n) is 9.40. The third-order valence-corrected chi connectivity index (χ3v) is 6.61. The lowest BCUT2D eigenvalue weighted by atomic mass is 10.0. The fraction of sp³-hybridized carbons (Fsp3) is 0.346. The molecule has 208 valence electrons. The van der Waals surface area contributed by atoms with Gasteiger partial charge >= 0.3 is 6.09 Å². The molecule has 2 heterocycles. The molecule has 3 amide bonds. The van der Waals surface area contributed by atoms with Crippen LogP contribution in [-0.2, 0) is 22.6 Å². The molecule has 2 atom stereocenters. The second kappa shape index (κ2) is 11.5. The number of nitrogens with zero attached hydrogens (tertiary/aromatic N) is 2. The van der Waals surface area contributed by atoms with Crippen molar-refractivity contribution in [1.29, 1.82) is 0 Å². The first kappa shape index (κ1) is 28.1. The molecule has 2 aromatic carbocycles. The van der Waals surface area contributed by atoms with Gasteiger partial charge in [-0.15, -0.1) is 0 Å². The summed E-state index contributed by atoms with van der Waals surface area (Å²) < 4.78 is 35.8. The first-order valence-corrected chi connectivity index (χ1v) is 12.4. The van der Waals surface area contributed by atoms with Crippen LogP contribution in [-0.4, -0.2) is 64.1 Å². The SMILES string of the molecule is C[C@@]1(F)C[C@@H](C(=O)NCc2cccc(Cl)c2F)N(C(=O)Cc2cn(OC(N)=O)c3ccc(OCCO)cc23)C1. The van der Waals surface area contributed by atoms with E-state index < -0.39 is 35.4 Å². The Morgan fingerprint density at radius 2 is 2.03 bits per heavy atom. The maximum absolute atomic E-state index is 15.1. The van der Waals surface area contributed by atoms with Gasteiger partial charge in [-0.25, -0.2) is 13.6 Å². The number of carbonyl (C=O) groups excluding carboxylic acids is 3. The lowest BCUT2D eigenvalue weighted by Gasteiger charge is -2.24. The third-order valence-electron chi connectivity index (χ3n) is 6.32. The number of fused-ring (bicyclic) bond motifs is 1. The average Bonchev–Trinajstić information content (AvgIpc) is 3.39. The number of aliphatic hydroxyl groups excluding tert-OH is 1. The summed E-state index contributed by atoms with van der Waals surface area (Å²) in [7, 11) is 0. The molecule has 13 heteroatoms. The van der Waals surface area contributed by atoms with E-state index in [1.54, 1.807) is 18.2 Å². The van der Waals surface area contributed by atoms with Gasteiger partial charge in [-0.2, -0.15) is 4.73 Å². The molecule has 1 fully saturated rings. The second-order valence-corrected chi connectivity index (χ2v) is 9.81. The fourth-order valence-corrected chi connectivity index (χ4v) is 4.79. The highest BCUT2D eigenvalue weighted by molar-refractivity contribution is 6.30. The monoisotopic (exact) mass is 564 g/mol. The summed E-state index contributed by atoms with van der Waals surface area (Å²) >= 11 is 5.80. The Bertz CT molecular complexity index is 1410. The molecule has 0 saturated carbocycles. The van der Waals surface area contributed by atoms with E-state index in [-0.39, 0.29) is 49.7 Å². The number of aromatic nitrogens is 1. The smallest absolute Gasteiger partial charge is 0.429 e. The number of nitrogens with two attached hydrogens (primary N) is 1. The largest absolute Gasteiger partial charge is 0.491 e. The number of benzene rings is 2.